The molecule has 23 heavy (non-hydrogen) atoms. The Morgan fingerprint density at radius 2 is 1.96 bits per heavy atom. The molecule has 1 aromatic rings. The molecule has 2 rings (SSSR count). The lowest BCUT2D eigenvalue weighted by Gasteiger charge is -2.15. The van der Waals surface area contributed by atoms with Gasteiger partial charge in [0.1, 0.15) is 0 Å². The van der Waals surface area contributed by atoms with Crippen LogP contribution >= 0.6 is 0 Å². The summed E-state index contributed by atoms with van der Waals surface area (Å²) in [6.07, 6.45) is 0.605. The molecule has 1 aliphatic heterocycles. The first-order valence-corrected chi connectivity index (χ1v) is 8.42. The van der Waals surface area contributed by atoms with Gasteiger partial charge in [0.15, 0.2) is 16.4 Å². The van der Waals surface area contributed by atoms with Crippen LogP contribution in [0.25, 0.3) is 0 Å². The third-order valence-corrected chi connectivity index (χ3v) is 4.71. The number of nitro groups is 1. The number of ether oxygens (including phenoxy) is 3. The van der Waals surface area contributed by atoms with Gasteiger partial charge in [-0.25, -0.2) is 13.1 Å². The molecule has 1 heterocycles. The Labute approximate surface area is 133 Å². The zero-order valence-corrected chi connectivity index (χ0v) is 13.6. The summed E-state index contributed by atoms with van der Waals surface area (Å²) in [5.74, 6) is 0.339. The number of nitrogens with zero attached hydrogens (tertiary/aromatic N) is 1. The summed E-state index contributed by atoms with van der Waals surface area (Å²) in [6.45, 7) is 2.42. The normalized spacial score (nSPS) is 15.7. The van der Waals surface area contributed by atoms with Crippen LogP contribution in [0, 0.1) is 10.1 Å². The number of nitro benzene ring substituents is 1. The number of fused-ring (bicyclic) bond motifs is 1. The van der Waals surface area contributed by atoms with Crippen molar-refractivity contribution in [3.8, 4) is 11.5 Å². The average molecular weight is 346 g/mol. The molecule has 9 nitrogen and oxygen atoms in total. The lowest BCUT2D eigenvalue weighted by molar-refractivity contribution is -0.387. The standard InChI is InChI=1S/C13H18N2O7S/c1-9(8-20-2)14-23(18,19)13-7-12-11(6-10(13)15(16)17)21-4-3-5-22-12/h6-7,9,14H,3-5,8H2,1-2H3/t9-/m0/s1. The van der Waals surface area contributed by atoms with Crippen molar-refractivity contribution in [2.24, 2.45) is 0 Å². The van der Waals surface area contributed by atoms with Gasteiger partial charge in [-0.3, -0.25) is 10.1 Å². The van der Waals surface area contributed by atoms with E-state index in [1.165, 1.54) is 7.11 Å². The van der Waals surface area contributed by atoms with E-state index >= 15 is 0 Å². The minimum absolute atomic E-state index is 0.136. The van der Waals surface area contributed by atoms with Gasteiger partial charge in [-0.15, -0.1) is 0 Å². The van der Waals surface area contributed by atoms with Gasteiger partial charge in [0.05, 0.1) is 30.8 Å². The number of benzene rings is 1. The fraction of sp³-hybridized carbons (Fsp3) is 0.538. The van der Waals surface area contributed by atoms with Crippen molar-refractivity contribution in [3.05, 3.63) is 22.2 Å². The van der Waals surface area contributed by atoms with Gasteiger partial charge in [0.25, 0.3) is 5.69 Å². The number of rotatable bonds is 6. The summed E-state index contributed by atoms with van der Waals surface area (Å²) in [5.41, 5.74) is -0.564. The van der Waals surface area contributed by atoms with Crippen molar-refractivity contribution in [3.63, 3.8) is 0 Å². The summed E-state index contributed by atoms with van der Waals surface area (Å²) < 4.78 is 42.9. The van der Waals surface area contributed by atoms with E-state index in [2.05, 4.69) is 4.72 Å². The Hall–Kier alpha value is -1.91. The van der Waals surface area contributed by atoms with E-state index in [-0.39, 0.29) is 18.1 Å². The second-order valence-electron chi connectivity index (χ2n) is 5.05. The van der Waals surface area contributed by atoms with Crippen molar-refractivity contribution in [2.45, 2.75) is 24.3 Å². The van der Waals surface area contributed by atoms with Gasteiger partial charge >= 0.3 is 0 Å². The maximum Gasteiger partial charge on any atom is 0.293 e. The topological polar surface area (TPSA) is 117 Å². The minimum Gasteiger partial charge on any atom is -0.490 e. The molecule has 1 N–H and O–H groups in total. The lowest BCUT2D eigenvalue weighted by atomic mass is 10.3. The van der Waals surface area contributed by atoms with Crippen molar-refractivity contribution in [1.29, 1.82) is 0 Å². The summed E-state index contributed by atoms with van der Waals surface area (Å²) in [4.78, 5) is 10.0. The highest BCUT2D eigenvalue weighted by Crippen LogP contribution is 2.38. The highest BCUT2D eigenvalue weighted by molar-refractivity contribution is 7.89. The van der Waals surface area contributed by atoms with E-state index < -0.39 is 31.6 Å². The number of methoxy groups -OCH3 is 1. The minimum atomic E-state index is -4.11. The van der Waals surface area contributed by atoms with Crippen molar-refractivity contribution < 1.29 is 27.6 Å². The highest BCUT2D eigenvalue weighted by Gasteiger charge is 2.30. The number of nitrogens with one attached hydrogen (secondary N) is 1. The van der Waals surface area contributed by atoms with Crippen LogP contribution in [0.1, 0.15) is 13.3 Å². The van der Waals surface area contributed by atoms with Crippen molar-refractivity contribution >= 4 is 15.7 Å². The van der Waals surface area contributed by atoms with Crippen LogP contribution in [-0.2, 0) is 14.8 Å². The molecule has 128 valence electrons. The molecular weight excluding hydrogens is 328 g/mol. The Morgan fingerprint density at radius 1 is 1.35 bits per heavy atom. The van der Waals surface area contributed by atoms with Crippen LogP contribution in [0.5, 0.6) is 11.5 Å². The molecule has 0 unspecified atom stereocenters. The first-order valence-electron chi connectivity index (χ1n) is 6.94. The third-order valence-electron chi connectivity index (χ3n) is 3.09. The summed E-state index contributed by atoms with van der Waals surface area (Å²) >= 11 is 0. The molecule has 0 saturated carbocycles. The summed E-state index contributed by atoms with van der Waals surface area (Å²) in [5, 5.41) is 11.2. The number of sulfonamides is 1. The Bertz CT molecular complexity index is 690. The molecule has 1 aromatic carbocycles. The van der Waals surface area contributed by atoms with Crippen LogP contribution in [0.4, 0.5) is 5.69 Å². The fourth-order valence-electron chi connectivity index (χ4n) is 2.15. The Balaban J connectivity index is 2.47. The SMILES string of the molecule is COC[C@H](C)NS(=O)(=O)c1cc2c(cc1[N+](=O)[O-])OCCCO2. The third kappa shape index (κ3) is 4.09. The maximum absolute atomic E-state index is 12.4. The van der Waals surface area contributed by atoms with Gasteiger partial charge in [-0.1, -0.05) is 0 Å². The van der Waals surface area contributed by atoms with Crippen LogP contribution in [0.2, 0.25) is 0 Å². The number of hydrogen-bond donors (Lipinski definition) is 1. The van der Waals surface area contributed by atoms with Gasteiger partial charge in [-0.2, -0.15) is 0 Å². The molecule has 0 spiro atoms. The Morgan fingerprint density at radius 3 is 2.52 bits per heavy atom. The first-order chi connectivity index (χ1) is 10.8. The average Bonchev–Trinajstić information content (AvgIpc) is 2.70. The molecule has 0 aromatic heterocycles. The van der Waals surface area contributed by atoms with Gasteiger partial charge in [-0.05, 0) is 6.92 Å². The number of hydrogen-bond acceptors (Lipinski definition) is 7. The van der Waals surface area contributed by atoms with Gasteiger partial charge < -0.3 is 14.2 Å². The maximum atomic E-state index is 12.4. The molecule has 0 saturated heterocycles. The van der Waals surface area contributed by atoms with Crippen LogP contribution < -0.4 is 14.2 Å². The first kappa shape index (κ1) is 17.4. The van der Waals surface area contributed by atoms with Crippen molar-refractivity contribution in [2.75, 3.05) is 26.9 Å². The quantitative estimate of drug-likeness (QED) is 0.605. The van der Waals surface area contributed by atoms with Gasteiger partial charge in [0.2, 0.25) is 10.0 Å². The monoisotopic (exact) mass is 346 g/mol. The predicted molar refractivity (Wildman–Crippen MR) is 80.4 cm³/mol. The zero-order valence-electron chi connectivity index (χ0n) is 12.8. The van der Waals surface area contributed by atoms with Gasteiger partial charge in [0, 0.05) is 25.6 Å². The second kappa shape index (κ2) is 7.11. The second-order valence-corrected chi connectivity index (χ2v) is 6.73. The van der Waals surface area contributed by atoms with Crippen molar-refractivity contribution in [1.82, 2.24) is 4.72 Å². The molecule has 0 aliphatic carbocycles. The van der Waals surface area contributed by atoms with E-state index in [0.29, 0.717) is 19.6 Å². The molecule has 0 fully saturated rings. The molecule has 0 radical (unpaired) electrons. The largest absolute Gasteiger partial charge is 0.490 e. The molecule has 1 aliphatic rings. The van der Waals surface area contributed by atoms with E-state index in [1.807, 2.05) is 0 Å². The molecular formula is C13H18N2O7S. The molecule has 10 heteroatoms. The molecule has 1 atom stereocenters. The fourth-order valence-corrected chi connectivity index (χ4v) is 3.55. The van der Waals surface area contributed by atoms with E-state index in [0.717, 1.165) is 12.1 Å². The van der Waals surface area contributed by atoms with Crippen LogP contribution in [0.15, 0.2) is 17.0 Å². The summed E-state index contributed by atoms with van der Waals surface area (Å²) in [6, 6.07) is 1.66. The molecule has 0 amide bonds. The predicted octanol–water partition coefficient (Wildman–Crippen LogP) is 1.07. The lowest BCUT2D eigenvalue weighted by Crippen LogP contribution is -2.35. The summed E-state index contributed by atoms with van der Waals surface area (Å²) in [7, 11) is -2.68. The van der Waals surface area contributed by atoms with Crippen LogP contribution in [0.3, 0.4) is 0 Å². The smallest absolute Gasteiger partial charge is 0.293 e. The highest BCUT2D eigenvalue weighted by atomic mass is 32.2. The van der Waals surface area contributed by atoms with E-state index in [1.54, 1.807) is 6.92 Å². The van der Waals surface area contributed by atoms with Crippen LogP contribution in [-0.4, -0.2) is 46.3 Å². The zero-order chi connectivity index (χ0) is 17.0. The van der Waals surface area contributed by atoms with E-state index in [4.69, 9.17) is 14.2 Å². The molecule has 0 bridgehead atoms. The van der Waals surface area contributed by atoms with E-state index in [9.17, 15) is 18.5 Å². The Kier molecular flexibility index (Phi) is 5.39.